The van der Waals surface area contributed by atoms with E-state index in [4.69, 9.17) is 14.2 Å². The summed E-state index contributed by atoms with van der Waals surface area (Å²) in [6.45, 7) is 10.5. The van der Waals surface area contributed by atoms with Crippen molar-refractivity contribution >= 4 is 10.8 Å². The van der Waals surface area contributed by atoms with E-state index < -0.39 is 0 Å². The minimum Gasteiger partial charge on any atom is -0.493 e. The second-order valence-electron chi connectivity index (χ2n) is 9.61. The van der Waals surface area contributed by atoms with Crippen LogP contribution in [0.3, 0.4) is 0 Å². The monoisotopic (exact) mass is 476 g/mol. The maximum Gasteiger partial charge on any atom is 0.169 e. The Morgan fingerprint density at radius 2 is 1.26 bits per heavy atom. The molecular formula is C32H44O3. The Morgan fingerprint density at radius 1 is 0.600 bits per heavy atom. The molecule has 2 atom stereocenters. The summed E-state index contributed by atoms with van der Waals surface area (Å²) in [6.07, 6.45) is 9.60. The first-order valence-corrected chi connectivity index (χ1v) is 13.7. The molecule has 35 heavy (non-hydrogen) atoms. The molecule has 190 valence electrons. The van der Waals surface area contributed by atoms with E-state index in [0.29, 0.717) is 18.4 Å². The zero-order valence-electron chi connectivity index (χ0n) is 22.2. The van der Waals surface area contributed by atoms with E-state index in [1.54, 1.807) is 0 Å². The lowest BCUT2D eigenvalue weighted by Crippen LogP contribution is -2.12. The topological polar surface area (TPSA) is 27.7 Å². The van der Waals surface area contributed by atoms with Gasteiger partial charge in [0.15, 0.2) is 11.5 Å². The van der Waals surface area contributed by atoms with E-state index in [-0.39, 0.29) is 0 Å². The predicted octanol–water partition coefficient (Wildman–Crippen LogP) is 9.82. The van der Waals surface area contributed by atoms with Crippen molar-refractivity contribution in [1.29, 1.82) is 0 Å². The Balaban J connectivity index is 1.90. The van der Waals surface area contributed by atoms with Crippen molar-refractivity contribution in [2.45, 2.75) is 79.1 Å². The van der Waals surface area contributed by atoms with Gasteiger partial charge in [-0.3, -0.25) is 0 Å². The average molecular weight is 477 g/mol. The number of benzene rings is 3. The normalized spacial score (nSPS) is 12.9. The first-order valence-electron chi connectivity index (χ1n) is 13.7. The van der Waals surface area contributed by atoms with E-state index in [2.05, 4.69) is 52.0 Å². The summed E-state index contributed by atoms with van der Waals surface area (Å²) in [4.78, 5) is 0. The van der Waals surface area contributed by atoms with Gasteiger partial charge < -0.3 is 14.2 Å². The lowest BCUT2D eigenvalue weighted by molar-refractivity contribution is 0.228. The molecule has 0 aliphatic carbocycles. The fourth-order valence-electron chi connectivity index (χ4n) is 4.46. The van der Waals surface area contributed by atoms with E-state index in [9.17, 15) is 0 Å². The Hall–Kier alpha value is -2.68. The molecule has 3 heteroatoms. The van der Waals surface area contributed by atoms with Crippen molar-refractivity contribution in [3.8, 4) is 23.0 Å². The number of ether oxygens (including phenoxy) is 3. The highest BCUT2D eigenvalue weighted by Crippen LogP contribution is 2.41. The smallest absolute Gasteiger partial charge is 0.169 e. The summed E-state index contributed by atoms with van der Waals surface area (Å²) < 4.78 is 19.2. The van der Waals surface area contributed by atoms with Crippen molar-refractivity contribution in [3.63, 3.8) is 0 Å². The van der Waals surface area contributed by atoms with Crippen molar-refractivity contribution in [1.82, 2.24) is 0 Å². The molecule has 0 saturated carbocycles. The zero-order chi connectivity index (χ0) is 24.9. The Morgan fingerprint density at radius 3 is 1.89 bits per heavy atom. The lowest BCUT2D eigenvalue weighted by Gasteiger charge is -2.21. The molecule has 3 nitrogen and oxygen atoms in total. The van der Waals surface area contributed by atoms with Crippen LogP contribution in [0.15, 0.2) is 60.7 Å². The lowest BCUT2D eigenvalue weighted by atomic mass is 10.0. The van der Waals surface area contributed by atoms with Crippen LogP contribution in [0.4, 0.5) is 0 Å². The molecule has 0 N–H and O–H groups in total. The molecule has 0 saturated heterocycles. The minimum absolute atomic E-state index is 0.540. The van der Waals surface area contributed by atoms with Gasteiger partial charge in [-0.1, -0.05) is 96.6 Å². The molecule has 2 unspecified atom stereocenters. The fourth-order valence-corrected chi connectivity index (χ4v) is 4.46. The van der Waals surface area contributed by atoms with Gasteiger partial charge in [0.05, 0.1) is 13.2 Å². The van der Waals surface area contributed by atoms with E-state index in [1.165, 1.54) is 38.5 Å². The standard InChI is InChI=1S/C32H44O3/c1-5-9-15-25(7-3)23-33-30-20-14-19-29-28(30)21-22-31(35-27-17-12-11-13-18-27)32(29)34-24-26(8-4)16-10-6-2/h11-14,17-22,25-26H,5-10,15-16,23-24H2,1-4H3. The first kappa shape index (κ1) is 26.9. The highest BCUT2D eigenvalue weighted by Gasteiger charge is 2.17. The Labute approximate surface area is 212 Å². The van der Waals surface area contributed by atoms with Gasteiger partial charge in [-0.2, -0.15) is 0 Å². The molecule has 3 aromatic rings. The third kappa shape index (κ3) is 7.92. The van der Waals surface area contributed by atoms with Gasteiger partial charge in [-0.05, 0) is 55.0 Å². The van der Waals surface area contributed by atoms with Crippen LogP contribution in [0.2, 0.25) is 0 Å². The van der Waals surface area contributed by atoms with E-state index >= 15 is 0 Å². The number of fused-ring (bicyclic) bond motifs is 1. The minimum atomic E-state index is 0.540. The molecule has 0 aliphatic rings. The highest BCUT2D eigenvalue weighted by atomic mass is 16.5. The van der Waals surface area contributed by atoms with Gasteiger partial charge in [-0.15, -0.1) is 0 Å². The van der Waals surface area contributed by atoms with Gasteiger partial charge >= 0.3 is 0 Å². The average Bonchev–Trinajstić information content (AvgIpc) is 2.90. The molecule has 0 aliphatic heterocycles. The second-order valence-corrected chi connectivity index (χ2v) is 9.61. The van der Waals surface area contributed by atoms with Crippen LogP contribution in [-0.4, -0.2) is 13.2 Å². The summed E-state index contributed by atoms with van der Waals surface area (Å²) in [5.41, 5.74) is 0. The van der Waals surface area contributed by atoms with Gasteiger partial charge in [0.25, 0.3) is 0 Å². The van der Waals surface area contributed by atoms with Crippen LogP contribution in [0, 0.1) is 11.8 Å². The van der Waals surface area contributed by atoms with Crippen LogP contribution >= 0.6 is 0 Å². The fraction of sp³-hybridized carbons (Fsp3) is 0.500. The van der Waals surface area contributed by atoms with Crippen LogP contribution in [-0.2, 0) is 0 Å². The summed E-state index contributed by atoms with van der Waals surface area (Å²) in [6, 6.07) is 20.3. The third-order valence-electron chi connectivity index (χ3n) is 6.93. The molecule has 0 aromatic heterocycles. The number of hydrogen-bond donors (Lipinski definition) is 0. The molecule has 0 fully saturated rings. The molecule has 0 radical (unpaired) electrons. The van der Waals surface area contributed by atoms with Crippen molar-refractivity contribution in [2.75, 3.05) is 13.2 Å². The summed E-state index contributed by atoms with van der Waals surface area (Å²) in [5.74, 6) is 4.42. The van der Waals surface area contributed by atoms with Crippen LogP contribution in [0.5, 0.6) is 23.0 Å². The summed E-state index contributed by atoms with van der Waals surface area (Å²) >= 11 is 0. The number of rotatable bonds is 16. The highest BCUT2D eigenvalue weighted by molar-refractivity contribution is 5.95. The number of unbranched alkanes of at least 4 members (excludes halogenated alkanes) is 2. The quantitative estimate of drug-likeness (QED) is 0.206. The molecular weight excluding hydrogens is 432 g/mol. The molecule has 3 aromatic carbocycles. The van der Waals surface area contributed by atoms with Crippen molar-refractivity contribution in [2.24, 2.45) is 11.8 Å². The van der Waals surface area contributed by atoms with Crippen molar-refractivity contribution < 1.29 is 14.2 Å². The van der Waals surface area contributed by atoms with E-state index in [0.717, 1.165) is 53.2 Å². The van der Waals surface area contributed by atoms with E-state index in [1.807, 2.05) is 36.4 Å². The Kier molecular flexibility index (Phi) is 11.3. The molecule has 0 amide bonds. The van der Waals surface area contributed by atoms with Gasteiger partial charge in [0.1, 0.15) is 11.5 Å². The number of hydrogen-bond acceptors (Lipinski definition) is 3. The first-order chi connectivity index (χ1) is 17.2. The van der Waals surface area contributed by atoms with Gasteiger partial charge in [-0.25, -0.2) is 0 Å². The molecule has 3 rings (SSSR count). The molecule has 0 bridgehead atoms. The predicted molar refractivity (Wildman–Crippen MR) is 148 cm³/mol. The van der Waals surface area contributed by atoms with Crippen LogP contribution in [0.1, 0.15) is 79.1 Å². The Bertz CT molecular complexity index is 998. The van der Waals surface area contributed by atoms with Crippen LogP contribution in [0.25, 0.3) is 10.8 Å². The number of para-hydroxylation sites is 1. The SMILES string of the molecule is CCCCC(CC)COc1cccc2c(OCC(CC)CCCC)c(Oc3ccccc3)ccc12. The van der Waals surface area contributed by atoms with Gasteiger partial charge in [0, 0.05) is 10.8 Å². The third-order valence-corrected chi connectivity index (χ3v) is 6.93. The second kappa shape index (κ2) is 14.7. The molecule has 0 spiro atoms. The van der Waals surface area contributed by atoms with Gasteiger partial charge in [0.2, 0.25) is 0 Å². The maximum atomic E-state index is 6.55. The molecule has 0 heterocycles. The van der Waals surface area contributed by atoms with Crippen LogP contribution < -0.4 is 14.2 Å². The van der Waals surface area contributed by atoms with Crippen molar-refractivity contribution in [3.05, 3.63) is 60.7 Å². The summed E-state index contributed by atoms with van der Waals surface area (Å²) in [5, 5.41) is 2.12. The largest absolute Gasteiger partial charge is 0.493 e. The zero-order valence-corrected chi connectivity index (χ0v) is 22.2. The maximum absolute atomic E-state index is 6.55. The summed E-state index contributed by atoms with van der Waals surface area (Å²) in [7, 11) is 0.